The average Bonchev–Trinajstić information content (AvgIpc) is 2.87. The maximum Gasteiger partial charge on any atom is 0.251 e. The first-order chi connectivity index (χ1) is 16.6. The van der Waals surface area contributed by atoms with Crippen molar-refractivity contribution in [2.45, 2.75) is 19.6 Å². The molecule has 0 aliphatic carbocycles. The predicted molar refractivity (Wildman–Crippen MR) is 123 cm³/mol. The maximum absolute atomic E-state index is 13.9. The van der Waals surface area contributed by atoms with Crippen molar-refractivity contribution in [2.75, 3.05) is 27.6 Å². The van der Waals surface area contributed by atoms with Crippen LogP contribution in [0.3, 0.4) is 0 Å². The van der Waals surface area contributed by atoms with Gasteiger partial charge in [0.15, 0.2) is 18.3 Å². The average molecular weight is 467 g/mol. The van der Waals surface area contributed by atoms with E-state index in [2.05, 4.69) is 5.32 Å². The first-order valence-electron chi connectivity index (χ1n) is 10.8. The molecule has 0 aromatic heterocycles. The molecule has 7 nitrogen and oxygen atoms in total. The Kier molecular flexibility index (Phi) is 7.49. The van der Waals surface area contributed by atoms with E-state index in [4.69, 9.17) is 23.7 Å². The number of amides is 1. The van der Waals surface area contributed by atoms with E-state index in [0.717, 1.165) is 5.56 Å². The van der Waals surface area contributed by atoms with Crippen LogP contribution in [0.2, 0.25) is 0 Å². The Morgan fingerprint density at radius 3 is 2.50 bits per heavy atom. The molecule has 1 aliphatic heterocycles. The number of benzene rings is 3. The number of ether oxygens (including phenoxy) is 5. The number of rotatable bonds is 9. The van der Waals surface area contributed by atoms with Gasteiger partial charge in [0.05, 0.1) is 20.8 Å². The standard InChI is InChI=1S/C26H26FNO6/c1-30-22-12-19(13-23(31-2)25(22)33-14-17-6-4-3-5-7-17)26(29)28-9-8-18-10-21(27)11-20-15-32-16-34-24(18)20/h3-7,10-13H,8-9,14-16H2,1-2H3,(H,28,29). The summed E-state index contributed by atoms with van der Waals surface area (Å²) in [5.74, 6) is 1.11. The largest absolute Gasteiger partial charge is 0.493 e. The second kappa shape index (κ2) is 10.9. The van der Waals surface area contributed by atoms with Gasteiger partial charge >= 0.3 is 0 Å². The highest BCUT2D eigenvalue weighted by Crippen LogP contribution is 2.39. The van der Waals surface area contributed by atoms with Crippen molar-refractivity contribution in [2.24, 2.45) is 0 Å². The molecule has 0 bridgehead atoms. The van der Waals surface area contributed by atoms with Crippen LogP contribution in [0.5, 0.6) is 23.0 Å². The van der Waals surface area contributed by atoms with Gasteiger partial charge in [0.2, 0.25) is 5.75 Å². The molecule has 0 unspecified atom stereocenters. The third-order valence-electron chi connectivity index (χ3n) is 5.38. The summed E-state index contributed by atoms with van der Waals surface area (Å²) in [5, 5.41) is 2.85. The van der Waals surface area contributed by atoms with Gasteiger partial charge in [0.25, 0.3) is 5.91 Å². The second-order valence-corrected chi connectivity index (χ2v) is 7.65. The highest BCUT2D eigenvalue weighted by molar-refractivity contribution is 5.95. The zero-order valence-corrected chi connectivity index (χ0v) is 19.1. The molecule has 4 rings (SSSR count). The highest BCUT2D eigenvalue weighted by Gasteiger charge is 2.19. The summed E-state index contributed by atoms with van der Waals surface area (Å²) in [6.45, 7) is 1.03. The molecule has 0 atom stereocenters. The molecule has 1 heterocycles. The summed E-state index contributed by atoms with van der Waals surface area (Å²) < 4.78 is 41.5. The van der Waals surface area contributed by atoms with Crippen molar-refractivity contribution in [1.29, 1.82) is 0 Å². The Morgan fingerprint density at radius 1 is 1.06 bits per heavy atom. The van der Waals surface area contributed by atoms with Crippen molar-refractivity contribution >= 4 is 5.91 Å². The number of halogens is 1. The minimum absolute atomic E-state index is 0.121. The summed E-state index contributed by atoms with van der Waals surface area (Å²) in [4.78, 5) is 12.8. The zero-order chi connectivity index (χ0) is 23.9. The molecule has 0 radical (unpaired) electrons. The van der Waals surface area contributed by atoms with Crippen LogP contribution in [0.25, 0.3) is 0 Å². The van der Waals surface area contributed by atoms with E-state index in [-0.39, 0.29) is 25.1 Å². The van der Waals surface area contributed by atoms with Crippen molar-refractivity contribution < 1.29 is 32.9 Å². The highest BCUT2D eigenvalue weighted by atomic mass is 19.1. The molecule has 0 fully saturated rings. The lowest BCUT2D eigenvalue weighted by molar-refractivity contribution is -0.0172. The molecule has 3 aromatic rings. The van der Waals surface area contributed by atoms with Gasteiger partial charge in [0.1, 0.15) is 18.2 Å². The van der Waals surface area contributed by atoms with Gasteiger partial charge in [-0.3, -0.25) is 4.79 Å². The SMILES string of the molecule is COc1cc(C(=O)NCCc2cc(F)cc3c2OCOC3)cc(OC)c1OCc1ccccc1. The molecule has 8 heteroatoms. The van der Waals surface area contributed by atoms with Crippen LogP contribution in [0.15, 0.2) is 54.6 Å². The molecule has 1 N–H and O–H groups in total. The van der Waals surface area contributed by atoms with Crippen LogP contribution in [0.1, 0.15) is 27.0 Å². The number of methoxy groups -OCH3 is 2. The van der Waals surface area contributed by atoms with E-state index in [1.54, 1.807) is 12.1 Å². The van der Waals surface area contributed by atoms with Crippen molar-refractivity contribution in [3.8, 4) is 23.0 Å². The van der Waals surface area contributed by atoms with E-state index in [9.17, 15) is 9.18 Å². The fourth-order valence-corrected chi connectivity index (χ4v) is 3.74. The van der Waals surface area contributed by atoms with E-state index in [1.807, 2.05) is 30.3 Å². The Bertz CT molecular complexity index is 1130. The fourth-order valence-electron chi connectivity index (χ4n) is 3.74. The van der Waals surface area contributed by atoms with Crippen molar-refractivity contribution in [3.05, 3.63) is 82.7 Å². The van der Waals surface area contributed by atoms with Gasteiger partial charge in [-0.15, -0.1) is 0 Å². The summed E-state index contributed by atoms with van der Waals surface area (Å²) in [6.07, 6.45) is 0.401. The van der Waals surface area contributed by atoms with Crippen molar-refractivity contribution in [1.82, 2.24) is 5.32 Å². The van der Waals surface area contributed by atoms with Gasteiger partial charge in [-0.05, 0) is 41.8 Å². The Morgan fingerprint density at radius 2 is 1.79 bits per heavy atom. The first kappa shape index (κ1) is 23.4. The number of hydrogen-bond donors (Lipinski definition) is 1. The zero-order valence-electron chi connectivity index (χ0n) is 19.1. The predicted octanol–water partition coefficient (Wildman–Crippen LogP) is 4.26. The molecular weight excluding hydrogens is 441 g/mol. The number of hydrogen-bond acceptors (Lipinski definition) is 6. The van der Waals surface area contributed by atoms with Crippen LogP contribution in [0.4, 0.5) is 4.39 Å². The molecule has 178 valence electrons. The van der Waals surface area contributed by atoms with E-state index in [0.29, 0.717) is 59.3 Å². The lowest BCUT2D eigenvalue weighted by Crippen LogP contribution is -2.26. The maximum atomic E-state index is 13.9. The molecule has 3 aromatic carbocycles. The third-order valence-corrected chi connectivity index (χ3v) is 5.38. The minimum Gasteiger partial charge on any atom is -0.493 e. The quantitative estimate of drug-likeness (QED) is 0.507. The van der Waals surface area contributed by atoms with Crippen LogP contribution < -0.4 is 24.3 Å². The Labute approximate surface area is 197 Å². The van der Waals surface area contributed by atoms with Gasteiger partial charge in [-0.2, -0.15) is 0 Å². The number of nitrogens with one attached hydrogen (secondary N) is 1. The lowest BCUT2D eigenvalue weighted by Gasteiger charge is -2.21. The van der Waals surface area contributed by atoms with Gasteiger partial charge in [0, 0.05) is 17.7 Å². The Hall–Kier alpha value is -3.78. The van der Waals surface area contributed by atoms with Crippen LogP contribution in [0, 0.1) is 5.82 Å². The minimum atomic E-state index is -0.366. The monoisotopic (exact) mass is 467 g/mol. The fraction of sp³-hybridized carbons (Fsp3) is 0.269. The topological polar surface area (TPSA) is 75.3 Å². The number of carbonyl (C=O) groups is 1. The van der Waals surface area contributed by atoms with E-state index < -0.39 is 0 Å². The third kappa shape index (κ3) is 5.40. The van der Waals surface area contributed by atoms with Gasteiger partial charge in [-0.25, -0.2) is 4.39 Å². The van der Waals surface area contributed by atoms with Gasteiger partial charge < -0.3 is 29.0 Å². The molecule has 0 spiro atoms. The number of fused-ring (bicyclic) bond motifs is 1. The summed E-state index contributed by atoms with van der Waals surface area (Å²) >= 11 is 0. The van der Waals surface area contributed by atoms with Crippen molar-refractivity contribution in [3.63, 3.8) is 0 Å². The lowest BCUT2D eigenvalue weighted by atomic mass is 10.1. The summed E-state index contributed by atoms with van der Waals surface area (Å²) in [7, 11) is 3.01. The van der Waals surface area contributed by atoms with Crippen LogP contribution in [-0.4, -0.2) is 33.5 Å². The smallest absolute Gasteiger partial charge is 0.251 e. The second-order valence-electron chi connectivity index (χ2n) is 7.65. The summed E-state index contributed by atoms with van der Waals surface area (Å²) in [5.41, 5.74) is 2.68. The Balaban J connectivity index is 1.44. The number of carbonyl (C=O) groups excluding carboxylic acids is 1. The normalized spacial score (nSPS) is 12.3. The first-order valence-corrected chi connectivity index (χ1v) is 10.8. The molecular formula is C26H26FNO6. The molecule has 1 aliphatic rings. The molecule has 0 saturated carbocycles. The molecule has 34 heavy (non-hydrogen) atoms. The van der Waals surface area contributed by atoms with Crippen LogP contribution >= 0.6 is 0 Å². The van der Waals surface area contributed by atoms with E-state index in [1.165, 1.54) is 26.4 Å². The molecule has 0 saturated heterocycles. The summed E-state index contributed by atoms with van der Waals surface area (Å²) in [6, 6.07) is 15.7. The molecule has 1 amide bonds. The van der Waals surface area contributed by atoms with Gasteiger partial charge in [-0.1, -0.05) is 30.3 Å². The van der Waals surface area contributed by atoms with Crippen LogP contribution in [-0.2, 0) is 24.4 Å². The van der Waals surface area contributed by atoms with E-state index >= 15 is 0 Å².